The van der Waals surface area contributed by atoms with Gasteiger partial charge in [0, 0.05) is 17.8 Å². The van der Waals surface area contributed by atoms with Gasteiger partial charge in [0.05, 0.1) is 5.02 Å². The number of hydrogen-bond acceptors (Lipinski definition) is 3. The highest BCUT2D eigenvalue weighted by Gasteiger charge is 2.22. The SMILES string of the molecule is Nc1ccc(Cl)c(S(=O)(=O)Nc2c(F)cc(F)cc2F)c1. The molecule has 0 spiro atoms. The molecule has 0 fully saturated rings. The number of nitrogen functional groups attached to an aromatic ring is 1. The molecule has 9 heteroatoms. The predicted octanol–water partition coefficient (Wildman–Crippen LogP) is 3.14. The van der Waals surface area contributed by atoms with E-state index in [2.05, 4.69) is 0 Å². The summed E-state index contributed by atoms with van der Waals surface area (Å²) in [6.45, 7) is 0. The number of nitrogens with two attached hydrogens (primary N) is 1. The minimum Gasteiger partial charge on any atom is -0.399 e. The Hall–Kier alpha value is -1.93. The summed E-state index contributed by atoms with van der Waals surface area (Å²) in [4.78, 5) is -0.452. The second-order valence-electron chi connectivity index (χ2n) is 4.04. The summed E-state index contributed by atoms with van der Waals surface area (Å²) in [7, 11) is -4.39. The van der Waals surface area contributed by atoms with Crippen molar-refractivity contribution in [3.8, 4) is 0 Å². The summed E-state index contributed by atoms with van der Waals surface area (Å²) in [5.74, 6) is -3.96. The summed E-state index contributed by atoms with van der Waals surface area (Å²) >= 11 is 5.73. The molecule has 0 radical (unpaired) electrons. The molecule has 0 saturated carbocycles. The third-order valence-corrected chi connectivity index (χ3v) is 4.32. The first-order valence-corrected chi connectivity index (χ1v) is 7.29. The van der Waals surface area contributed by atoms with E-state index in [9.17, 15) is 21.6 Å². The molecule has 0 aliphatic rings. The molecule has 0 aliphatic carbocycles. The minimum absolute atomic E-state index is 0.0971. The average Bonchev–Trinajstić information content (AvgIpc) is 2.36. The van der Waals surface area contributed by atoms with E-state index in [1.807, 2.05) is 0 Å². The minimum atomic E-state index is -4.39. The Labute approximate surface area is 123 Å². The van der Waals surface area contributed by atoms with Gasteiger partial charge in [-0.25, -0.2) is 21.6 Å². The highest BCUT2D eigenvalue weighted by atomic mass is 35.5. The zero-order chi connectivity index (χ0) is 15.8. The standard InChI is InChI=1S/C12H8ClF3N2O2S/c13-8-2-1-7(17)5-11(8)21(19,20)18-12-9(15)3-6(14)4-10(12)16/h1-5,18H,17H2. The van der Waals surface area contributed by atoms with Crippen LogP contribution in [0.25, 0.3) is 0 Å². The number of halogens is 4. The maximum atomic E-state index is 13.5. The Kier molecular flexibility index (Phi) is 4.02. The first-order chi connectivity index (χ1) is 9.70. The van der Waals surface area contributed by atoms with Gasteiger partial charge in [-0.15, -0.1) is 0 Å². The summed E-state index contributed by atoms with van der Waals surface area (Å²) in [5.41, 5.74) is 4.54. The third-order valence-electron chi connectivity index (χ3n) is 2.49. The number of benzene rings is 2. The Bertz CT molecular complexity index is 789. The number of nitrogens with one attached hydrogen (secondary N) is 1. The van der Waals surface area contributed by atoms with Gasteiger partial charge in [0.15, 0.2) is 11.6 Å². The van der Waals surface area contributed by atoms with Gasteiger partial charge in [-0.3, -0.25) is 4.72 Å². The van der Waals surface area contributed by atoms with Gasteiger partial charge in [-0.1, -0.05) is 11.6 Å². The van der Waals surface area contributed by atoms with Crippen LogP contribution in [0, 0.1) is 17.5 Å². The largest absolute Gasteiger partial charge is 0.399 e. The molecular weight excluding hydrogens is 329 g/mol. The van der Waals surface area contributed by atoms with Gasteiger partial charge in [0.1, 0.15) is 16.4 Å². The molecule has 0 aliphatic heterocycles. The molecule has 0 saturated heterocycles. The molecule has 0 amide bonds. The lowest BCUT2D eigenvalue weighted by atomic mass is 10.3. The lowest BCUT2D eigenvalue weighted by Gasteiger charge is -2.11. The van der Waals surface area contributed by atoms with Crippen molar-refractivity contribution in [1.82, 2.24) is 0 Å². The summed E-state index contributed by atoms with van der Waals surface area (Å²) in [6, 6.07) is 4.32. The van der Waals surface area contributed by atoms with E-state index < -0.39 is 38.1 Å². The Morgan fingerprint density at radius 2 is 1.62 bits per heavy atom. The molecule has 3 N–H and O–H groups in total. The normalized spacial score (nSPS) is 11.4. The zero-order valence-electron chi connectivity index (χ0n) is 10.2. The van der Waals surface area contributed by atoms with Crippen molar-refractivity contribution in [3.05, 3.63) is 52.8 Å². The van der Waals surface area contributed by atoms with Crippen molar-refractivity contribution >= 4 is 33.0 Å². The van der Waals surface area contributed by atoms with Gasteiger partial charge in [-0.2, -0.15) is 0 Å². The molecule has 0 atom stereocenters. The summed E-state index contributed by atoms with van der Waals surface area (Å²) in [5, 5.41) is -0.181. The number of rotatable bonds is 3. The first-order valence-electron chi connectivity index (χ1n) is 5.43. The van der Waals surface area contributed by atoms with Crippen LogP contribution < -0.4 is 10.5 Å². The number of sulfonamides is 1. The molecule has 2 rings (SSSR count). The maximum absolute atomic E-state index is 13.5. The van der Waals surface area contributed by atoms with Crippen LogP contribution in [0.4, 0.5) is 24.5 Å². The quantitative estimate of drug-likeness (QED) is 0.846. The van der Waals surface area contributed by atoms with Gasteiger partial charge in [-0.05, 0) is 18.2 Å². The van der Waals surface area contributed by atoms with E-state index >= 15 is 0 Å². The van der Waals surface area contributed by atoms with E-state index in [0.29, 0.717) is 12.1 Å². The van der Waals surface area contributed by atoms with Crippen LogP contribution in [-0.2, 0) is 10.0 Å². The van der Waals surface area contributed by atoms with Crippen molar-refractivity contribution in [1.29, 1.82) is 0 Å². The fraction of sp³-hybridized carbons (Fsp3) is 0. The van der Waals surface area contributed by atoms with Crippen molar-refractivity contribution in [2.24, 2.45) is 0 Å². The van der Waals surface area contributed by atoms with E-state index in [1.54, 1.807) is 4.72 Å². The molecule has 0 heterocycles. The van der Waals surface area contributed by atoms with Crippen LogP contribution in [0.15, 0.2) is 35.2 Å². The molecule has 2 aromatic rings. The van der Waals surface area contributed by atoms with Crippen LogP contribution in [0.2, 0.25) is 5.02 Å². The van der Waals surface area contributed by atoms with Gasteiger partial charge < -0.3 is 5.73 Å². The van der Waals surface area contributed by atoms with Crippen molar-refractivity contribution < 1.29 is 21.6 Å². The second kappa shape index (κ2) is 5.45. The maximum Gasteiger partial charge on any atom is 0.263 e. The first kappa shape index (κ1) is 15.5. The molecule has 0 unspecified atom stereocenters. The zero-order valence-corrected chi connectivity index (χ0v) is 11.8. The fourth-order valence-electron chi connectivity index (χ4n) is 1.55. The smallest absolute Gasteiger partial charge is 0.263 e. The topological polar surface area (TPSA) is 72.2 Å². The third kappa shape index (κ3) is 3.22. The highest BCUT2D eigenvalue weighted by Crippen LogP contribution is 2.28. The average molecular weight is 337 g/mol. The highest BCUT2D eigenvalue weighted by molar-refractivity contribution is 7.92. The van der Waals surface area contributed by atoms with Crippen LogP contribution in [0.1, 0.15) is 0 Å². The lowest BCUT2D eigenvalue weighted by molar-refractivity contribution is 0.547. The lowest BCUT2D eigenvalue weighted by Crippen LogP contribution is -2.16. The molecular formula is C12H8ClF3N2O2S. The van der Waals surface area contributed by atoms with E-state index in [4.69, 9.17) is 17.3 Å². The van der Waals surface area contributed by atoms with Crippen molar-refractivity contribution in [2.75, 3.05) is 10.5 Å². The fourth-order valence-corrected chi connectivity index (χ4v) is 3.17. The van der Waals surface area contributed by atoms with Crippen LogP contribution in [-0.4, -0.2) is 8.42 Å². The van der Waals surface area contributed by atoms with Crippen molar-refractivity contribution in [3.63, 3.8) is 0 Å². The number of anilines is 2. The van der Waals surface area contributed by atoms with Gasteiger partial charge >= 0.3 is 0 Å². The van der Waals surface area contributed by atoms with Crippen LogP contribution in [0.5, 0.6) is 0 Å². The molecule has 0 aromatic heterocycles. The predicted molar refractivity (Wildman–Crippen MR) is 73.0 cm³/mol. The summed E-state index contributed by atoms with van der Waals surface area (Å²) in [6.07, 6.45) is 0. The summed E-state index contributed by atoms with van der Waals surface area (Å²) < 4.78 is 65.6. The van der Waals surface area contributed by atoms with Crippen LogP contribution >= 0.6 is 11.6 Å². The van der Waals surface area contributed by atoms with E-state index in [0.717, 1.165) is 6.07 Å². The van der Waals surface area contributed by atoms with E-state index in [1.165, 1.54) is 12.1 Å². The molecule has 4 nitrogen and oxygen atoms in total. The van der Waals surface area contributed by atoms with Gasteiger partial charge in [0.25, 0.3) is 10.0 Å². The van der Waals surface area contributed by atoms with Gasteiger partial charge in [0.2, 0.25) is 0 Å². The second-order valence-corrected chi connectivity index (χ2v) is 6.10. The Morgan fingerprint density at radius 3 is 2.19 bits per heavy atom. The Balaban J connectivity index is 2.50. The number of hydrogen-bond donors (Lipinski definition) is 2. The molecule has 112 valence electrons. The molecule has 2 aromatic carbocycles. The van der Waals surface area contributed by atoms with Crippen molar-refractivity contribution in [2.45, 2.75) is 4.90 Å². The van der Waals surface area contributed by atoms with Crippen LogP contribution in [0.3, 0.4) is 0 Å². The monoisotopic (exact) mass is 336 g/mol. The van der Waals surface area contributed by atoms with E-state index in [-0.39, 0.29) is 10.7 Å². The Morgan fingerprint density at radius 1 is 1.05 bits per heavy atom. The molecule has 0 bridgehead atoms. The molecule has 21 heavy (non-hydrogen) atoms.